The number of aromatic nitrogens is 1. The number of thioether (sulfide) groups is 1. The van der Waals surface area contributed by atoms with Gasteiger partial charge in [0.2, 0.25) is 17.6 Å². The number of pyridine rings is 1. The van der Waals surface area contributed by atoms with E-state index < -0.39 is 77.3 Å². The lowest BCUT2D eigenvalue weighted by Crippen LogP contribution is -2.60. The molecule has 19 heteroatoms. The number of carbonyl (C=O) groups excluding carboxylic acids is 5. The summed E-state index contributed by atoms with van der Waals surface area (Å²) in [6.07, 6.45) is -3.80. The number of methoxy groups -OCH3 is 1. The second-order valence-corrected chi connectivity index (χ2v) is 15.3. The zero-order chi connectivity index (χ0) is 41.4. The minimum absolute atomic E-state index is 0.0124. The number of nitrogens with one attached hydrogen (secondary N) is 3. The van der Waals surface area contributed by atoms with Gasteiger partial charge >= 0.3 is 12.1 Å². The molecule has 1 aliphatic rings. The Labute approximate surface area is 333 Å². The predicted molar refractivity (Wildman–Crippen MR) is 200 cm³/mol. The number of ether oxygens (including phenoxy) is 1. The maximum absolute atomic E-state index is 15.0. The first-order valence-electron chi connectivity index (χ1n) is 17.1. The number of Topliss-reactive ketones (excluding diaryl/α,β-unsaturated/α-hetero) is 1. The molecule has 3 N–H and O–H groups in total. The van der Waals surface area contributed by atoms with Gasteiger partial charge in [0.25, 0.3) is 11.8 Å². The Morgan fingerprint density at radius 3 is 2.21 bits per heavy atom. The lowest BCUT2D eigenvalue weighted by Gasteiger charge is -2.31. The summed E-state index contributed by atoms with van der Waals surface area (Å²) in [4.78, 5) is 72.2. The van der Waals surface area contributed by atoms with E-state index in [4.69, 9.17) is 27.9 Å². The van der Waals surface area contributed by atoms with Crippen molar-refractivity contribution in [3.05, 3.63) is 93.7 Å². The molecule has 4 rings (SSSR count). The number of rotatable bonds is 16. The Morgan fingerprint density at radius 1 is 0.946 bits per heavy atom. The number of ketones is 1. The average molecular weight is 847 g/mol. The minimum Gasteiger partial charge on any atom is -0.497 e. The Hall–Kier alpha value is -4.48. The topological polar surface area (TPSA) is 147 Å². The van der Waals surface area contributed by atoms with Crippen LogP contribution < -0.4 is 20.7 Å². The molecule has 2 aromatic carbocycles. The van der Waals surface area contributed by atoms with Gasteiger partial charge in [-0.1, -0.05) is 61.3 Å². The second-order valence-electron chi connectivity index (χ2n) is 13.2. The van der Waals surface area contributed by atoms with Crippen molar-refractivity contribution < 1.29 is 50.7 Å². The number of nitrogens with zero attached hydrogens (tertiary/aromatic N) is 2. The van der Waals surface area contributed by atoms with Crippen LogP contribution in [0.15, 0.2) is 66.9 Å². The standard InChI is InChI=1S/C37H38Cl2F5N5O6S/c1-20(2)30(31(50)37(43,44)35(54)46-19-36(40,41)42)48-33(52)29-16-24(56-18-21-7-10-23(55-3)11-8-21)17-49(29)34(53)28(15-22-9-12-25(38)26(39)14-22)47-32(51)27-6-4-5-13-45-27/h4-14,20,24,28-30H,15-19H2,1-3H3,(H,46,54)(H,47,51)(H,48,52)/t24-,28+,29+,30+/m1/s1. The molecule has 0 bridgehead atoms. The predicted octanol–water partition coefficient (Wildman–Crippen LogP) is 5.66. The van der Waals surface area contributed by atoms with Crippen LogP contribution in [0.3, 0.4) is 0 Å². The molecular weight excluding hydrogens is 808 g/mol. The number of benzene rings is 2. The third-order valence-electron chi connectivity index (χ3n) is 8.71. The Kier molecular flexibility index (Phi) is 15.1. The normalized spacial score (nSPS) is 16.9. The van der Waals surface area contributed by atoms with E-state index in [-0.39, 0.29) is 35.1 Å². The molecule has 1 fully saturated rings. The summed E-state index contributed by atoms with van der Waals surface area (Å²) >= 11 is 13.7. The van der Waals surface area contributed by atoms with Crippen molar-refractivity contribution in [1.82, 2.24) is 25.8 Å². The molecule has 0 unspecified atom stereocenters. The molecule has 1 aromatic heterocycles. The molecule has 4 amide bonds. The highest BCUT2D eigenvalue weighted by Gasteiger charge is 2.52. The Balaban J connectivity index is 1.65. The zero-order valence-electron chi connectivity index (χ0n) is 30.2. The summed E-state index contributed by atoms with van der Waals surface area (Å²) in [5, 5.41) is 5.91. The molecule has 1 saturated heterocycles. The monoisotopic (exact) mass is 845 g/mol. The van der Waals surface area contributed by atoms with Crippen LogP contribution in [0.4, 0.5) is 22.0 Å². The van der Waals surface area contributed by atoms with Crippen molar-refractivity contribution in [2.75, 3.05) is 20.2 Å². The molecule has 4 atom stereocenters. The number of amides is 4. The van der Waals surface area contributed by atoms with Crippen molar-refractivity contribution in [2.24, 2.45) is 5.92 Å². The molecule has 2 heterocycles. The van der Waals surface area contributed by atoms with Gasteiger partial charge in [-0.2, -0.15) is 33.7 Å². The SMILES string of the molecule is COc1ccc(CS[C@@H]2C[C@@H](C(=O)N[C@H](C(=O)C(F)(F)C(=O)NCC(F)(F)F)C(C)C)N(C(=O)[C@H](Cc3ccc(Cl)c(Cl)c3)NC(=O)c3ccccn3)C2)cc1. The molecular formula is C37H38Cl2F5N5O6S. The van der Waals surface area contributed by atoms with Crippen LogP contribution in [-0.2, 0) is 31.4 Å². The van der Waals surface area contributed by atoms with Gasteiger partial charge in [-0.25, -0.2) is 0 Å². The molecule has 0 radical (unpaired) electrons. The van der Waals surface area contributed by atoms with E-state index >= 15 is 8.78 Å². The fourth-order valence-corrected chi connectivity index (χ4v) is 7.29. The fourth-order valence-electron chi connectivity index (χ4n) is 5.76. The van der Waals surface area contributed by atoms with E-state index in [1.807, 2.05) is 12.1 Å². The van der Waals surface area contributed by atoms with Crippen LogP contribution >= 0.6 is 35.0 Å². The third-order valence-corrected chi connectivity index (χ3v) is 10.8. The van der Waals surface area contributed by atoms with Crippen molar-refractivity contribution in [1.29, 1.82) is 0 Å². The lowest BCUT2D eigenvalue weighted by atomic mass is 9.94. The van der Waals surface area contributed by atoms with E-state index in [9.17, 15) is 37.1 Å². The van der Waals surface area contributed by atoms with Crippen molar-refractivity contribution in [3.8, 4) is 5.75 Å². The maximum atomic E-state index is 15.0. The molecule has 0 aliphatic carbocycles. The van der Waals surface area contributed by atoms with Crippen molar-refractivity contribution >= 4 is 64.4 Å². The first-order chi connectivity index (χ1) is 26.3. The largest absolute Gasteiger partial charge is 0.497 e. The number of alkyl halides is 5. The van der Waals surface area contributed by atoms with Gasteiger partial charge in [0, 0.05) is 30.2 Å². The summed E-state index contributed by atoms with van der Waals surface area (Å²) in [7, 11) is 1.52. The Morgan fingerprint density at radius 2 is 1.62 bits per heavy atom. The Bertz CT molecular complexity index is 1890. The van der Waals surface area contributed by atoms with Crippen LogP contribution in [0.5, 0.6) is 5.75 Å². The summed E-state index contributed by atoms with van der Waals surface area (Å²) < 4.78 is 73.2. The highest BCUT2D eigenvalue weighted by Crippen LogP contribution is 2.32. The van der Waals surface area contributed by atoms with Gasteiger partial charge in [-0.3, -0.25) is 29.0 Å². The fraction of sp³-hybridized carbons (Fsp3) is 0.405. The molecule has 3 aromatic rings. The van der Waals surface area contributed by atoms with Crippen LogP contribution in [0.2, 0.25) is 10.0 Å². The van der Waals surface area contributed by atoms with Gasteiger partial charge in [-0.05, 0) is 59.9 Å². The van der Waals surface area contributed by atoms with E-state index in [1.165, 1.54) is 62.0 Å². The molecule has 0 saturated carbocycles. The first-order valence-corrected chi connectivity index (χ1v) is 18.9. The summed E-state index contributed by atoms with van der Waals surface area (Å²) in [6, 6.07) is 11.6. The smallest absolute Gasteiger partial charge is 0.405 e. The van der Waals surface area contributed by atoms with E-state index in [1.54, 1.807) is 30.3 Å². The van der Waals surface area contributed by atoms with E-state index in [2.05, 4.69) is 15.6 Å². The quantitative estimate of drug-likeness (QED) is 0.124. The van der Waals surface area contributed by atoms with E-state index in [0.717, 1.165) is 10.9 Å². The molecule has 11 nitrogen and oxygen atoms in total. The number of likely N-dealkylation sites (tertiary alicyclic amines) is 1. The summed E-state index contributed by atoms with van der Waals surface area (Å²) in [5.41, 5.74) is 1.36. The minimum atomic E-state index is -5.03. The molecule has 0 spiro atoms. The number of carbonyl (C=O) groups is 5. The van der Waals surface area contributed by atoms with Gasteiger partial charge in [0.05, 0.1) is 23.2 Å². The lowest BCUT2D eigenvalue weighted by molar-refractivity contribution is -0.165. The van der Waals surface area contributed by atoms with Gasteiger partial charge in [0.15, 0.2) is 0 Å². The van der Waals surface area contributed by atoms with Crippen molar-refractivity contribution in [3.63, 3.8) is 0 Å². The van der Waals surface area contributed by atoms with Crippen LogP contribution in [0.25, 0.3) is 0 Å². The maximum Gasteiger partial charge on any atom is 0.405 e. The van der Waals surface area contributed by atoms with Gasteiger partial charge < -0.3 is 25.6 Å². The number of hydrogen-bond acceptors (Lipinski definition) is 8. The zero-order valence-corrected chi connectivity index (χ0v) is 32.5. The van der Waals surface area contributed by atoms with Gasteiger partial charge in [-0.15, -0.1) is 0 Å². The van der Waals surface area contributed by atoms with Crippen molar-refractivity contribution in [2.45, 2.75) is 67.9 Å². The van der Waals surface area contributed by atoms with Crippen LogP contribution in [0.1, 0.15) is 41.9 Å². The second kappa shape index (κ2) is 19.1. The van der Waals surface area contributed by atoms with E-state index in [0.29, 0.717) is 17.1 Å². The van der Waals surface area contributed by atoms with Gasteiger partial charge in [0.1, 0.15) is 30.1 Å². The summed E-state index contributed by atoms with van der Waals surface area (Å²) in [6.45, 7) is 0.421. The highest BCUT2D eigenvalue weighted by molar-refractivity contribution is 7.99. The summed E-state index contributed by atoms with van der Waals surface area (Å²) in [5.74, 6) is -12.1. The molecule has 56 heavy (non-hydrogen) atoms. The van der Waals surface area contributed by atoms with Crippen LogP contribution in [-0.4, -0.2) is 95.0 Å². The first kappa shape index (κ1) is 44.2. The van der Waals surface area contributed by atoms with Crippen LogP contribution in [0, 0.1) is 5.92 Å². The third kappa shape index (κ3) is 11.8. The molecule has 302 valence electrons. The highest BCUT2D eigenvalue weighted by atomic mass is 35.5. The average Bonchev–Trinajstić information content (AvgIpc) is 3.60. The molecule has 1 aliphatic heterocycles. The number of hydrogen-bond donors (Lipinski definition) is 3. The number of halogens is 7.